The number of hydrogen-bond acceptors (Lipinski definition) is 3. The second kappa shape index (κ2) is 13.1. The Bertz CT molecular complexity index is 3310. The van der Waals surface area contributed by atoms with Gasteiger partial charge in [-0.3, -0.25) is 0 Å². The highest BCUT2D eigenvalue weighted by Gasteiger charge is 2.18. The van der Waals surface area contributed by atoms with Crippen LogP contribution in [0.25, 0.3) is 110 Å². The molecule has 0 spiro atoms. The molecule has 0 aliphatic rings. The minimum atomic E-state index is 0.614. The van der Waals surface area contributed by atoms with Gasteiger partial charge in [0.25, 0.3) is 0 Å². The molecule has 0 bridgehead atoms. The predicted octanol–water partition coefficient (Wildman–Crippen LogP) is 13.6. The van der Waals surface area contributed by atoms with Crippen molar-refractivity contribution in [1.82, 2.24) is 19.5 Å². The maximum absolute atomic E-state index is 7.77. The molecule has 57 heavy (non-hydrogen) atoms. The third-order valence-electron chi connectivity index (χ3n) is 11.1. The van der Waals surface area contributed by atoms with E-state index in [0.29, 0.717) is 23.2 Å². The van der Waals surface area contributed by atoms with Crippen LogP contribution in [0.15, 0.2) is 188 Å². The van der Waals surface area contributed by atoms with Gasteiger partial charge < -0.3 is 4.57 Å². The Morgan fingerprint density at radius 3 is 1.47 bits per heavy atom. The van der Waals surface area contributed by atoms with Gasteiger partial charge in [0.05, 0.1) is 23.3 Å². The number of nitrogens with zero attached hydrogens (tertiary/aromatic N) is 5. The van der Waals surface area contributed by atoms with Crippen LogP contribution in [0.5, 0.6) is 0 Å². The molecule has 2 aromatic heterocycles. The van der Waals surface area contributed by atoms with Crippen molar-refractivity contribution < 1.29 is 0 Å². The molecule has 0 aliphatic heterocycles. The zero-order chi connectivity index (χ0) is 37.9. The van der Waals surface area contributed by atoms with E-state index in [4.69, 9.17) is 21.5 Å². The molecule has 0 saturated carbocycles. The highest BCUT2D eigenvalue weighted by molar-refractivity contribution is 6.12. The third-order valence-corrected chi connectivity index (χ3v) is 11.1. The van der Waals surface area contributed by atoms with Crippen molar-refractivity contribution in [3.05, 3.63) is 199 Å². The molecule has 5 nitrogen and oxygen atoms in total. The standard InChI is InChI=1S/C52H31N5/c1-53-39-28-30-49-46(32-39)45-31-38(27-29-48(45)57(49)47-22-10-16-36-13-4-7-19-42(36)47)33-23-25-37(26-24-33)50-54-51(43-20-8-14-34-11-2-5-17-40(34)43)56-52(55-50)44-21-9-15-35-12-3-6-18-41(35)44/h2-32H. The van der Waals surface area contributed by atoms with Crippen LogP contribution in [0, 0.1) is 6.57 Å². The third kappa shape index (κ3) is 5.43. The van der Waals surface area contributed by atoms with Gasteiger partial charge in [-0.05, 0) is 73.8 Å². The highest BCUT2D eigenvalue weighted by atomic mass is 15.0. The Labute approximate surface area is 328 Å². The second-order valence-electron chi connectivity index (χ2n) is 14.3. The van der Waals surface area contributed by atoms with Crippen LogP contribution in [-0.4, -0.2) is 19.5 Å². The van der Waals surface area contributed by atoms with E-state index in [1.165, 1.54) is 10.8 Å². The van der Waals surface area contributed by atoms with E-state index < -0.39 is 0 Å². The summed E-state index contributed by atoms with van der Waals surface area (Å²) in [5.74, 6) is 1.88. The van der Waals surface area contributed by atoms with E-state index in [0.717, 1.165) is 76.9 Å². The fourth-order valence-corrected chi connectivity index (χ4v) is 8.32. The first-order valence-electron chi connectivity index (χ1n) is 19.0. The molecular weight excluding hydrogens is 695 g/mol. The summed E-state index contributed by atoms with van der Waals surface area (Å²) in [6.45, 7) is 7.77. The molecule has 0 atom stereocenters. The van der Waals surface area contributed by atoms with Crippen LogP contribution in [0.1, 0.15) is 0 Å². The van der Waals surface area contributed by atoms with Crippen molar-refractivity contribution in [1.29, 1.82) is 0 Å². The SMILES string of the molecule is [C-]#[N+]c1ccc2c(c1)c1cc(-c3ccc(-c4nc(-c5cccc6ccccc56)nc(-c5cccc6ccccc56)n4)cc3)ccc1n2-c1cccc2ccccc12. The van der Waals surface area contributed by atoms with Gasteiger partial charge in [0.2, 0.25) is 0 Å². The van der Waals surface area contributed by atoms with Crippen LogP contribution in [0.2, 0.25) is 0 Å². The first kappa shape index (κ1) is 32.5. The minimum absolute atomic E-state index is 0.614. The van der Waals surface area contributed by atoms with Gasteiger partial charge in [-0.2, -0.15) is 0 Å². The van der Waals surface area contributed by atoms with Crippen molar-refractivity contribution in [3.8, 4) is 51.0 Å². The molecule has 9 aromatic carbocycles. The molecule has 5 heteroatoms. The van der Waals surface area contributed by atoms with Crippen LogP contribution in [0.3, 0.4) is 0 Å². The van der Waals surface area contributed by atoms with E-state index >= 15 is 0 Å². The Morgan fingerprint density at radius 1 is 0.368 bits per heavy atom. The summed E-state index contributed by atoms with van der Waals surface area (Å²) in [4.78, 5) is 19.2. The number of hydrogen-bond donors (Lipinski definition) is 0. The van der Waals surface area contributed by atoms with Crippen LogP contribution < -0.4 is 0 Å². The average molecular weight is 726 g/mol. The molecule has 0 fully saturated rings. The lowest BCUT2D eigenvalue weighted by Gasteiger charge is -2.12. The Balaban J connectivity index is 1.05. The summed E-state index contributed by atoms with van der Waals surface area (Å²) >= 11 is 0. The first-order valence-corrected chi connectivity index (χ1v) is 19.0. The summed E-state index contributed by atoms with van der Waals surface area (Å²) in [7, 11) is 0. The maximum atomic E-state index is 7.77. The minimum Gasteiger partial charge on any atom is -0.309 e. The smallest absolute Gasteiger partial charge is 0.188 e. The summed E-state index contributed by atoms with van der Waals surface area (Å²) in [5, 5.41) is 8.98. The van der Waals surface area contributed by atoms with Gasteiger partial charge in [-0.25, -0.2) is 19.8 Å². The van der Waals surface area contributed by atoms with Crippen LogP contribution >= 0.6 is 0 Å². The van der Waals surface area contributed by atoms with E-state index in [1.807, 2.05) is 12.1 Å². The van der Waals surface area contributed by atoms with Crippen molar-refractivity contribution in [2.24, 2.45) is 0 Å². The summed E-state index contributed by atoms with van der Waals surface area (Å²) in [6, 6.07) is 65.3. The molecular formula is C52H31N5. The highest BCUT2D eigenvalue weighted by Crippen LogP contribution is 2.39. The quantitative estimate of drug-likeness (QED) is 0.166. The Hall–Kier alpha value is -7.94. The lowest BCUT2D eigenvalue weighted by atomic mass is 10.0. The number of rotatable bonds is 5. The lowest BCUT2D eigenvalue weighted by Crippen LogP contribution is -2.01. The van der Waals surface area contributed by atoms with Crippen molar-refractivity contribution in [3.63, 3.8) is 0 Å². The molecule has 264 valence electrons. The van der Waals surface area contributed by atoms with Gasteiger partial charge in [0.15, 0.2) is 23.2 Å². The molecule has 0 N–H and O–H groups in total. The zero-order valence-corrected chi connectivity index (χ0v) is 30.6. The first-order chi connectivity index (χ1) is 28.2. The van der Waals surface area contributed by atoms with Crippen molar-refractivity contribution >= 4 is 59.8 Å². The monoisotopic (exact) mass is 725 g/mol. The lowest BCUT2D eigenvalue weighted by molar-refractivity contribution is 1.08. The van der Waals surface area contributed by atoms with Gasteiger partial charge >= 0.3 is 0 Å². The summed E-state index contributed by atoms with van der Waals surface area (Å²) in [5.41, 5.74) is 8.89. The normalized spacial score (nSPS) is 11.5. The van der Waals surface area contributed by atoms with Crippen LogP contribution in [0.4, 0.5) is 5.69 Å². The molecule has 0 amide bonds. The summed E-state index contributed by atoms with van der Waals surface area (Å²) < 4.78 is 2.33. The molecule has 0 aliphatic carbocycles. The van der Waals surface area contributed by atoms with E-state index in [1.54, 1.807) is 0 Å². The topological polar surface area (TPSA) is 48.0 Å². The van der Waals surface area contributed by atoms with Crippen molar-refractivity contribution in [2.45, 2.75) is 0 Å². The van der Waals surface area contributed by atoms with Crippen LogP contribution in [-0.2, 0) is 0 Å². The zero-order valence-electron chi connectivity index (χ0n) is 30.6. The number of fused-ring (bicyclic) bond motifs is 6. The largest absolute Gasteiger partial charge is 0.309 e. The molecule has 11 aromatic rings. The Kier molecular flexibility index (Phi) is 7.48. The molecule has 0 saturated heterocycles. The van der Waals surface area contributed by atoms with Gasteiger partial charge in [0, 0.05) is 27.5 Å². The van der Waals surface area contributed by atoms with E-state index in [-0.39, 0.29) is 0 Å². The van der Waals surface area contributed by atoms with E-state index in [9.17, 15) is 0 Å². The average Bonchev–Trinajstić information content (AvgIpc) is 3.61. The second-order valence-corrected chi connectivity index (χ2v) is 14.3. The fourth-order valence-electron chi connectivity index (χ4n) is 8.32. The summed E-state index contributed by atoms with van der Waals surface area (Å²) in [6.07, 6.45) is 0. The molecule has 0 unspecified atom stereocenters. The number of aromatic nitrogens is 4. The van der Waals surface area contributed by atoms with Gasteiger partial charge in [-0.1, -0.05) is 158 Å². The molecule has 2 heterocycles. The van der Waals surface area contributed by atoms with Gasteiger partial charge in [0.1, 0.15) is 0 Å². The van der Waals surface area contributed by atoms with E-state index in [2.05, 4.69) is 185 Å². The molecule has 11 rings (SSSR count). The Morgan fingerprint density at radius 2 is 0.842 bits per heavy atom. The fraction of sp³-hybridized carbons (Fsp3) is 0. The number of benzene rings is 9. The molecule has 0 radical (unpaired) electrons. The van der Waals surface area contributed by atoms with Crippen molar-refractivity contribution in [2.75, 3.05) is 0 Å². The predicted molar refractivity (Wildman–Crippen MR) is 235 cm³/mol. The maximum Gasteiger partial charge on any atom is 0.188 e. The van der Waals surface area contributed by atoms with Gasteiger partial charge in [-0.15, -0.1) is 0 Å².